The van der Waals surface area contributed by atoms with Crippen LogP contribution in [0.15, 0.2) is 64.7 Å². The number of thiophene rings is 1. The van der Waals surface area contributed by atoms with Gasteiger partial charge >= 0.3 is 0 Å². The molecule has 108 valence electrons. The predicted octanol–water partition coefficient (Wildman–Crippen LogP) is 5.64. The second-order valence-corrected chi connectivity index (χ2v) is 6.67. The van der Waals surface area contributed by atoms with Crippen LogP contribution in [-0.4, -0.2) is 4.98 Å². The van der Waals surface area contributed by atoms with E-state index >= 15 is 0 Å². The van der Waals surface area contributed by atoms with Gasteiger partial charge in [0.2, 0.25) is 0 Å². The van der Waals surface area contributed by atoms with Crippen molar-refractivity contribution in [3.8, 4) is 10.6 Å². The van der Waals surface area contributed by atoms with Gasteiger partial charge in [-0.05, 0) is 22.9 Å². The average Bonchev–Trinajstić information content (AvgIpc) is 3.24. The fourth-order valence-corrected chi connectivity index (χ4v) is 4.00. The molecule has 2 aromatic carbocycles. The van der Waals surface area contributed by atoms with Crippen molar-refractivity contribution in [1.82, 2.24) is 4.98 Å². The van der Waals surface area contributed by atoms with Crippen LogP contribution in [0.3, 0.4) is 0 Å². The van der Waals surface area contributed by atoms with Gasteiger partial charge in [0, 0.05) is 27.4 Å². The summed E-state index contributed by atoms with van der Waals surface area (Å²) in [5.41, 5.74) is 3.45. The Kier molecular flexibility index (Phi) is 3.62. The molecule has 4 aromatic rings. The van der Waals surface area contributed by atoms with Crippen molar-refractivity contribution in [2.45, 2.75) is 6.54 Å². The van der Waals surface area contributed by atoms with E-state index in [4.69, 9.17) is 4.98 Å². The molecule has 0 bridgehead atoms. The van der Waals surface area contributed by atoms with Gasteiger partial charge in [0.15, 0.2) is 0 Å². The predicted molar refractivity (Wildman–Crippen MR) is 96.7 cm³/mol. The van der Waals surface area contributed by atoms with Crippen LogP contribution in [0.4, 0.5) is 5.69 Å². The molecule has 4 heteroatoms. The summed E-state index contributed by atoms with van der Waals surface area (Å²) < 4.78 is 0. The van der Waals surface area contributed by atoms with E-state index in [0.29, 0.717) is 0 Å². The molecule has 0 unspecified atom stereocenters. The molecular weight excluding hydrogens is 308 g/mol. The molecule has 2 aromatic heterocycles. The molecule has 0 amide bonds. The van der Waals surface area contributed by atoms with Gasteiger partial charge in [0.05, 0.1) is 12.2 Å². The lowest BCUT2D eigenvalue weighted by Crippen LogP contribution is -2.00. The highest BCUT2D eigenvalue weighted by molar-refractivity contribution is 7.14. The van der Waals surface area contributed by atoms with Gasteiger partial charge in [-0.3, -0.25) is 0 Å². The number of anilines is 1. The van der Waals surface area contributed by atoms with Gasteiger partial charge in [0.25, 0.3) is 0 Å². The number of nitrogens with one attached hydrogen (secondary N) is 1. The highest BCUT2D eigenvalue weighted by atomic mass is 32.1. The third kappa shape index (κ3) is 2.63. The summed E-state index contributed by atoms with van der Waals surface area (Å²) in [6.07, 6.45) is 0. The maximum atomic E-state index is 4.71. The first kappa shape index (κ1) is 13.5. The second kappa shape index (κ2) is 5.91. The Hall–Kier alpha value is -2.17. The maximum Gasteiger partial charge on any atom is 0.124 e. The van der Waals surface area contributed by atoms with E-state index in [1.54, 1.807) is 22.7 Å². The number of benzene rings is 2. The smallest absolute Gasteiger partial charge is 0.124 e. The molecule has 0 spiro atoms. The molecule has 2 nitrogen and oxygen atoms in total. The summed E-state index contributed by atoms with van der Waals surface area (Å²) >= 11 is 3.41. The largest absolute Gasteiger partial charge is 0.379 e. The Balaban J connectivity index is 1.55. The van der Waals surface area contributed by atoms with Crippen LogP contribution < -0.4 is 5.32 Å². The second-order valence-electron chi connectivity index (χ2n) is 5.04. The molecule has 0 radical (unpaired) electrons. The summed E-state index contributed by atoms with van der Waals surface area (Å²) in [6, 6.07) is 16.9. The molecular formula is C18H14N2S2. The first-order chi connectivity index (χ1) is 10.9. The van der Waals surface area contributed by atoms with Gasteiger partial charge in [-0.15, -0.1) is 11.3 Å². The summed E-state index contributed by atoms with van der Waals surface area (Å²) in [4.78, 5) is 4.71. The van der Waals surface area contributed by atoms with Crippen molar-refractivity contribution in [3.05, 3.63) is 70.4 Å². The Bertz CT molecular complexity index is 889. The maximum absolute atomic E-state index is 4.71. The molecule has 0 fully saturated rings. The quantitative estimate of drug-likeness (QED) is 0.526. The van der Waals surface area contributed by atoms with Crippen molar-refractivity contribution in [3.63, 3.8) is 0 Å². The van der Waals surface area contributed by atoms with Crippen LogP contribution in [0.1, 0.15) is 5.69 Å². The summed E-state index contributed by atoms with van der Waals surface area (Å²) in [7, 11) is 0. The first-order valence-corrected chi connectivity index (χ1v) is 8.91. The minimum atomic E-state index is 0.745. The van der Waals surface area contributed by atoms with Gasteiger partial charge in [-0.25, -0.2) is 4.98 Å². The Morgan fingerprint density at radius 2 is 1.86 bits per heavy atom. The number of nitrogens with zero attached hydrogens (tertiary/aromatic N) is 1. The zero-order valence-corrected chi connectivity index (χ0v) is 13.5. The van der Waals surface area contributed by atoms with Crippen molar-refractivity contribution < 1.29 is 0 Å². The Morgan fingerprint density at radius 3 is 2.77 bits per heavy atom. The van der Waals surface area contributed by atoms with Gasteiger partial charge < -0.3 is 5.32 Å². The number of thiazole rings is 1. The lowest BCUT2D eigenvalue weighted by molar-refractivity contribution is 1.08. The van der Waals surface area contributed by atoms with Crippen molar-refractivity contribution in [1.29, 1.82) is 0 Å². The minimum Gasteiger partial charge on any atom is -0.379 e. The lowest BCUT2D eigenvalue weighted by Gasteiger charge is -2.08. The third-order valence-electron chi connectivity index (χ3n) is 3.57. The van der Waals surface area contributed by atoms with Gasteiger partial charge in [-0.2, -0.15) is 11.3 Å². The van der Waals surface area contributed by atoms with Crippen molar-refractivity contribution >= 4 is 39.1 Å². The summed E-state index contributed by atoms with van der Waals surface area (Å²) in [5.74, 6) is 0. The molecule has 0 saturated carbocycles. The number of hydrogen-bond acceptors (Lipinski definition) is 4. The lowest BCUT2D eigenvalue weighted by atomic mass is 10.1. The van der Waals surface area contributed by atoms with E-state index < -0.39 is 0 Å². The highest BCUT2D eigenvalue weighted by Crippen LogP contribution is 2.27. The Morgan fingerprint density at radius 1 is 0.955 bits per heavy atom. The molecule has 0 aliphatic rings. The number of aromatic nitrogens is 1. The fourth-order valence-electron chi connectivity index (χ4n) is 2.47. The van der Waals surface area contributed by atoms with E-state index in [1.807, 2.05) is 0 Å². The Labute approximate surface area is 137 Å². The molecule has 0 aliphatic heterocycles. The molecule has 22 heavy (non-hydrogen) atoms. The average molecular weight is 322 g/mol. The van der Waals surface area contributed by atoms with E-state index in [-0.39, 0.29) is 0 Å². The molecule has 0 atom stereocenters. The SMILES string of the molecule is c1ccc2c(NCc3csc(-c4ccsc4)n3)cccc2c1. The number of hydrogen-bond donors (Lipinski definition) is 1. The van der Waals surface area contributed by atoms with Crippen LogP contribution in [0.5, 0.6) is 0 Å². The van der Waals surface area contributed by atoms with Crippen LogP contribution in [-0.2, 0) is 6.54 Å². The number of fused-ring (bicyclic) bond motifs is 1. The van der Waals surface area contributed by atoms with E-state index in [1.165, 1.54) is 16.3 Å². The van der Waals surface area contributed by atoms with E-state index in [2.05, 4.69) is 70.0 Å². The normalized spacial score (nSPS) is 10.9. The molecule has 2 heterocycles. The van der Waals surface area contributed by atoms with Gasteiger partial charge in [0.1, 0.15) is 5.01 Å². The molecule has 0 saturated heterocycles. The van der Waals surface area contributed by atoms with E-state index in [9.17, 15) is 0 Å². The van der Waals surface area contributed by atoms with Crippen LogP contribution in [0.25, 0.3) is 21.3 Å². The minimum absolute atomic E-state index is 0.745. The van der Waals surface area contributed by atoms with Crippen LogP contribution >= 0.6 is 22.7 Å². The first-order valence-electron chi connectivity index (χ1n) is 7.09. The topological polar surface area (TPSA) is 24.9 Å². The van der Waals surface area contributed by atoms with E-state index in [0.717, 1.165) is 22.9 Å². The standard InChI is InChI=1S/C18H14N2S2/c1-2-6-16-13(4-1)5-3-7-17(16)19-10-15-12-22-18(20-15)14-8-9-21-11-14/h1-9,11-12,19H,10H2. The summed E-state index contributed by atoms with van der Waals surface area (Å²) in [5, 5.41) is 13.5. The van der Waals surface area contributed by atoms with Crippen LogP contribution in [0.2, 0.25) is 0 Å². The van der Waals surface area contributed by atoms with Crippen molar-refractivity contribution in [2.24, 2.45) is 0 Å². The molecule has 4 rings (SSSR count). The zero-order chi connectivity index (χ0) is 14.8. The monoisotopic (exact) mass is 322 g/mol. The molecule has 1 N–H and O–H groups in total. The number of rotatable bonds is 4. The van der Waals surface area contributed by atoms with Crippen LogP contribution in [0, 0.1) is 0 Å². The fraction of sp³-hybridized carbons (Fsp3) is 0.0556. The van der Waals surface area contributed by atoms with Gasteiger partial charge in [-0.1, -0.05) is 36.4 Å². The highest BCUT2D eigenvalue weighted by Gasteiger charge is 2.06. The molecule has 0 aliphatic carbocycles. The zero-order valence-electron chi connectivity index (χ0n) is 11.8. The third-order valence-corrected chi connectivity index (χ3v) is 5.19. The summed E-state index contributed by atoms with van der Waals surface area (Å²) in [6.45, 7) is 0.745. The van der Waals surface area contributed by atoms with Crippen molar-refractivity contribution in [2.75, 3.05) is 5.32 Å².